The number of nitrogens with zero attached hydrogens (tertiary/aromatic N) is 2. The maximum atomic E-state index is 11.3. The summed E-state index contributed by atoms with van der Waals surface area (Å²) >= 11 is 0. The summed E-state index contributed by atoms with van der Waals surface area (Å²) in [6.45, 7) is 4.08. The second-order valence-electron chi connectivity index (χ2n) is 3.60. The summed E-state index contributed by atoms with van der Waals surface area (Å²) in [4.78, 5) is 33.7. The van der Waals surface area contributed by atoms with E-state index in [0.717, 1.165) is 4.90 Å². The minimum absolute atomic E-state index is 0.0409. The van der Waals surface area contributed by atoms with E-state index in [1.807, 2.05) is 0 Å². The second kappa shape index (κ2) is 4.73. The highest BCUT2D eigenvalue weighted by Gasteiger charge is 2.19. The van der Waals surface area contributed by atoms with Crippen LogP contribution in [-0.4, -0.2) is 16.7 Å². The number of carbonyl (C=O) groups is 2. The number of carbonyl (C=O) groups excluding carboxylic acids is 2. The Kier molecular flexibility index (Phi) is 3.57. The first-order chi connectivity index (χ1) is 7.84. The number of hydrogen-bond donors (Lipinski definition) is 0. The summed E-state index contributed by atoms with van der Waals surface area (Å²) in [5, 5.41) is 10.6. The lowest BCUT2D eigenvalue weighted by Gasteiger charge is -2.17. The molecule has 0 fully saturated rings. The second-order valence-corrected chi connectivity index (χ2v) is 3.60. The Bertz CT molecular complexity index is 482. The van der Waals surface area contributed by atoms with Crippen LogP contribution in [0.15, 0.2) is 18.2 Å². The normalized spacial score (nSPS) is 9.82. The third-order valence-corrected chi connectivity index (χ3v) is 2.27. The molecule has 6 heteroatoms. The number of benzene rings is 1. The van der Waals surface area contributed by atoms with Gasteiger partial charge >= 0.3 is 0 Å². The molecule has 17 heavy (non-hydrogen) atoms. The molecule has 1 rings (SSSR count). The number of amides is 2. The average molecular weight is 236 g/mol. The Hall–Kier alpha value is -2.24. The number of nitro benzene ring substituents is 1. The van der Waals surface area contributed by atoms with E-state index < -0.39 is 16.7 Å². The van der Waals surface area contributed by atoms with Crippen molar-refractivity contribution in [2.75, 3.05) is 4.90 Å². The van der Waals surface area contributed by atoms with E-state index in [1.54, 1.807) is 6.92 Å². The van der Waals surface area contributed by atoms with Gasteiger partial charge in [0.25, 0.3) is 5.69 Å². The van der Waals surface area contributed by atoms with Gasteiger partial charge in [0.15, 0.2) is 0 Å². The predicted octanol–water partition coefficient (Wildman–Crippen LogP) is 1.80. The Morgan fingerprint density at radius 1 is 1.24 bits per heavy atom. The molecule has 0 radical (unpaired) electrons. The van der Waals surface area contributed by atoms with E-state index in [9.17, 15) is 19.7 Å². The van der Waals surface area contributed by atoms with Crippen molar-refractivity contribution in [3.8, 4) is 0 Å². The highest BCUT2D eigenvalue weighted by atomic mass is 16.6. The van der Waals surface area contributed by atoms with Gasteiger partial charge in [-0.25, -0.2) is 0 Å². The molecule has 6 nitrogen and oxygen atoms in total. The van der Waals surface area contributed by atoms with Gasteiger partial charge in [-0.3, -0.25) is 24.6 Å². The quantitative estimate of drug-likeness (QED) is 0.579. The zero-order valence-electron chi connectivity index (χ0n) is 9.76. The number of rotatable bonds is 2. The lowest BCUT2D eigenvalue weighted by Crippen LogP contribution is -2.33. The summed E-state index contributed by atoms with van der Waals surface area (Å²) in [6, 6.07) is 4.11. The Morgan fingerprint density at radius 3 is 2.12 bits per heavy atom. The number of imide groups is 1. The first-order valence-corrected chi connectivity index (χ1v) is 4.91. The molecule has 90 valence electrons. The molecule has 0 N–H and O–H groups in total. The van der Waals surface area contributed by atoms with E-state index >= 15 is 0 Å². The van der Waals surface area contributed by atoms with Gasteiger partial charge in [0.05, 0.1) is 10.6 Å². The highest BCUT2D eigenvalue weighted by molar-refractivity contribution is 6.13. The van der Waals surface area contributed by atoms with Crippen LogP contribution in [0.5, 0.6) is 0 Å². The number of nitro groups is 1. The van der Waals surface area contributed by atoms with Crippen LogP contribution >= 0.6 is 0 Å². The van der Waals surface area contributed by atoms with Crippen molar-refractivity contribution in [3.05, 3.63) is 33.9 Å². The molecular formula is C11H12N2O4. The molecule has 1 aromatic rings. The molecule has 0 aromatic heterocycles. The zero-order valence-corrected chi connectivity index (χ0v) is 9.76. The molecular weight excluding hydrogens is 224 g/mol. The molecule has 0 saturated heterocycles. The molecule has 2 amide bonds. The molecule has 1 aromatic carbocycles. The monoisotopic (exact) mass is 236 g/mol. The van der Waals surface area contributed by atoms with Gasteiger partial charge in [0.2, 0.25) is 11.8 Å². The third-order valence-electron chi connectivity index (χ3n) is 2.27. The van der Waals surface area contributed by atoms with E-state index in [-0.39, 0.29) is 5.69 Å². The summed E-state index contributed by atoms with van der Waals surface area (Å²) in [5.74, 6) is -0.850. The molecule has 0 aliphatic rings. The Labute approximate surface area is 98.0 Å². The predicted molar refractivity (Wildman–Crippen MR) is 61.7 cm³/mol. The van der Waals surface area contributed by atoms with E-state index in [2.05, 4.69) is 0 Å². The summed E-state index contributed by atoms with van der Waals surface area (Å²) in [7, 11) is 0. The van der Waals surface area contributed by atoms with Crippen molar-refractivity contribution >= 4 is 23.2 Å². The van der Waals surface area contributed by atoms with Crippen molar-refractivity contribution in [3.63, 3.8) is 0 Å². The summed E-state index contributed by atoms with van der Waals surface area (Å²) in [6.07, 6.45) is 0. The molecule has 0 saturated carbocycles. The minimum Gasteiger partial charge on any atom is -0.274 e. The molecule has 0 atom stereocenters. The van der Waals surface area contributed by atoms with Crippen LogP contribution in [-0.2, 0) is 9.59 Å². The van der Waals surface area contributed by atoms with Crippen molar-refractivity contribution in [2.45, 2.75) is 20.8 Å². The topological polar surface area (TPSA) is 80.5 Å². The SMILES string of the molecule is CC(=O)N(C(C)=O)c1ccc([N+](=O)[O-])c(C)c1. The number of anilines is 1. The van der Waals surface area contributed by atoms with Gasteiger partial charge in [-0.15, -0.1) is 0 Å². The third kappa shape index (κ3) is 2.66. The van der Waals surface area contributed by atoms with E-state index in [0.29, 0.717) is 11.3 Å². The van der Waals surface area contributed by atoms with E-state index in [4.69, 9.17) is 0 Å². The maximum Gasteiger partial charge on any atom is 0.272 e. The van der Waals surface area contributed by atoms with Crippen LogP contribution in [0.25, 0.3) is 0 Å². The Balaban J connectivity index is 3.24. The fraction of sp³-hybridized carbons (Fsp3) is 0.273. The number of aryl methyl sites for hydroxylation is 1. The highest BCUT2D eigenvalue weighted by Crippen LogP contribution is 2.24. The lowest BCUT2D eigenvalue weighted by molar-refractivity contribution is -0.385. The molecule has 0 bridgehead atoms. The molecule has 0 aliphatic heterocycles. The van der Waals surface area contributed by atoms with Gasteiger partial charge in [-0.1, -0.05) is 0 Å². The first kappa shape index (κ1) is 12.8. The minimum atomic E-state index is -0.509. The van der Waals surface area contributed by atoms with E-state index in [1.165, 1.54) is 32.0 Å². The van der Waals surface area contributed by atoms with Crippen LogP contribution < -0.4 is 4.90 Å². The molecule has 0 heterocycles. The smallest absolute Gasteiger partial charge is 0.272 e. The van der Waals surface area contributed by atoms with Gasteiger partial charge in [-0.05, 0) is 19.1 Å². The average Bonchev–Trinajstić information content (AvgIpc) is 2.15. The van der Waals surface area contributed by atoms with Crippen LogP contribution in [0.1, 0.15) is 19.4 Å². The Morgan fingerprint density at radius 2 is 1.76 bits per heavy atom. The van der Waals surface area contributed by atoms with Crippen molar-refractivity contribution in [2.24, 2.45) is 0 Å². The fourth-order valence-corrected chi connectivity index (χ4v) is 1.57. The van der Waals surface area contributed by atoms with Gasteiger partial charge < -0.3 is 0 Å². The number of hydrogen-bond acceptors (Lipinski definition) is 4. The summed E-state index contributed by atoms with van der Waals surface area (Å²) in [5.41, 5.74) is 0.703. The zero-order chi connectivity index (χ0) is 13.2. The fourth-order valence-electron chi connectivity index (χ4n) is 1.57. The molecule has 0 aliphatic carbocycles. The maximum absolute atomic E-state index is 11.3. The standard InChI is InChI=1S/C11H12N2O4/c1-7-6-10(4-5-11(7)13(16)17)12(8(2)14)9(3)15/h4-6H,1-3H3. The lowest BCUT2D eigenvalue weighted by atomic mass is 10.1. The van der Waals surface area contributed by atoms with Crippen LogP contribution in [0.3, 0.4) is 0 Å². The van der Waals surface area contributed by atoms with Gasteiger partial charge in [0.1, 0.15) is 0 Å². The molecule has 0 spiro atoms. The van der Waals surface area contributed by atoms with Crippen LogP contribution in [0.4, 0.5) is 11.4 Å². The van der Waals surface area contributed by atoms with Gasteiger partial charge in [-0.2, -0.15) is 0 Å². The van der Waals surface area contributed by atoms with Crippen LogP contribution in [0, 0.1) is 17.0 Å². The van der Waals surface area contributed by atoms with Crippen LogP contribution in [0.2, 0.25) is 0 Å². The van der Waals surface area contributed by atoms with Crippen molar-refractivity contribution < 1.29 is 14.5 Å². The van der Waals surface area contributed by atoms with Gasteiger partial charge in [0, 0.05) is 25.5 Å². The first-order valence-electron chi connectivity index (χ1n) is 4.91. The largest absolute Gasteiger partial charge is 0.274 e. The van der Waals surface area contributed by atoms with Crippen molar-refractivity contribution in [1.82, 2.24) is 0 Å². The molecule has 0 unspecified atom stereocenters. The summed E-state index contributed by atoms with van der Waals surface area (Å²) < 4.78 is 0. The van der Waals surface area contributed by atoms with Crippen molar-refractivity contribution in [1.29, 1.82) is 0 Å².